The lowest BCUT2D eigenvalue weighted by Crippen LogP contribution is -2.29. The van der Waals surface area contributed by atoms with Gasteiger partial charge in [-0.2, -0.15) is 5.10 Å². The molecule has 126 valence electrons. The zero-order valence-corrected chi connectivity index (χ0v) is 14.0. The Morgan fingerprint density at radius 2 is 2.29 bits per heavy atom. The standard InChI is InChI=1S/C18H22N4O2/c1-13-3-4-17(24-2)16(11-13)22-10-7-15(21-22)18(23)20-12-14-5-8-19-9-6-14/h3-5,7,10-11,19H,6,8-9,12H2,1-2H3,(H,20,23). The fourth-order valence-corrected chi connectivity index (χ4v) is 2.67. The van der Waals surface area contributed by atoms with Gasteiger partial charge >= 0.3 is 0 Å². The van der Waals surface area contributed by atoms with E-state index in [-0.39, 0.29) is 5.91 Å². The van der Waals surface area contributed by atoms with Gasteiger partial charge in [-0.1, -0.05) is 17.7 Å². The van der Waals surface area contributed by atoms with E-state index in [1.54, 1.807) is 24.1 Å². The van der Waals surface area contributed by atoms with Gasteiger partial charge in [0.1, 0.15) is 11.4 Å². The number of ether oxygens (including phenoxy) is 1. The maximum atomic E-state index is 12.3. The van der Waals surface area contributed by atoms with Gasteiger partial charge in [0.05, 0.1) is 7.11 Å². The average Bonchev–Trinajstić information content (AvgIpc) is 3.10. The van der Waals surface area contributed by atoms with Gasteiger partial charge in [-0.3, -0.25) is 4.79 Å². The maximum absolute atomic E-state index is 12.3. The molecule has 0 atom stereocenters. The van der Waals surface area contributed by atoms with E-state index in [4.69, 9.17) is 4.74 Å². The van der Waals surface area contributed by atoms with Crippen LogP contribution in [-0.2, 0) is 0 Å². The van der Waals surface area contributed by atoms with Gasteiger partial charge < -0.3 is 15.4 Å². The van der Waals surface area contributed by atoms with Crippen molar-refractivity contribution in [2.24, 2.45) is 0 Å². The first-order valence-corrected chi connectivity index (χ1v) is 8.05. The predicted octanol–water partition coefficient (Wildman–Crippen LogP) is 1.84. The predicted molar refractivity (Wildman–Crippen MR) is 92.8 cm³/mol. The molecule has 0 spiro atoms. The average molecular weight is 326 g/mol. The van der Waals surface area contributed by atoms with Crippen molar-refractivity contribution < 1.29 is 9.53 Å². The van der Waals surface area contributed by atoms with E-state index in [1.807, 2.05) is 25.1 Å². The van der Waals surface area contributed by atoms with Crippen LogP contribution in [0.1, 0.15) is 22.5 Å². The molecule has 0 saturated heterocycles. The molecule has 6 heteroatoms. The summed E-state index contributed by atoms with van der Waals surface area (Å²) in [6, 6.07) is 7.57. The SMILES string of the molecule is COc1ccc(C)cc1-n1ccc(C(=O)NCC2=CCNCC2)n1. The molecule has 0 aliphatic carbocycles. The van der Waals surface area contributed by atoms with Crippen molar-refractivity contribution in [1.29, 1.82) is 0 Å². The summed E-state index contributed by atoms with van der Waals surface area (Å²) < 4.78 is 7.05. The number of hydrogen-bond donors (Lipinski definition) is 2. The number of rotatable bonds is 5. The number of hydrogen-bond acceptors (Lipinski definition) is 4. The van der Waals surface area contributed by atoms with E-state index in [1.165, 1.54) is 5.57 Å². The second-order valence-electron chi connectivity index (χ2n) is 5.82. The van der Waals surface area contributed by atoms with Crippen LogP contribution in [0.4, 0.5) is 0 Å². The molecule has 2 aromatic rings. The molecule has 0 unspecified atom stereocenters. The highest BCUT2D eigenvalue weighted by Gasteiger charge is 2.13. The topological polar surface area (TPSA) is 68.2 Å². The zero-order chi connectivity index (χ0) is 16.9. The van der Waals surface area contributed by atoms with Crippen LogP contribution in [0.15, 0.2) is 42.1 Å². The molecule has 0 bridgehead atoms. The Morgan fingerprint density at radius 1 is 1.42 bits per heavy atom. The lowest BCUT2D eigenvalue weighted by molar-refractivity contribution is 0.0951. The Morgan fingerprint density at radius 3 is 3.04 bits per heavy atom. The van der Waals surface area contributed by atoms with Crippen LogP contribution >= 0.6 is 0 Å². The van der Waals surface area contributed by atoms with Crippen molar-refractivity contribution in [3.05, 3.63) is 53.4 Å². The lowest BCUT2D eigenvalue weighted by atomic mass is 10.1. The van der Waals surface area contributed by atoms with Crippen LogP contribution in [0.25, 0.3) is 5.69 Å². The molecule has 0 saturated carbocycles. The molecule has 0 fully saturated rings. The minimum atomic E-state index is -0.167. The van der Waals surface area contributed by atoms with Crippen LogP contribution in [0, 0.1) is 6.92 Å². The molecule has 3 rings (SSSR count). The fourth-order valence-electron chi connectivity index (χ4n) is 2.67. The van der Waals surface area contributed by atoms with Crippen molar-refractivity contribution in [3.8, 4) is 11.4 Å². The first-order valence-electron chi connectivity index (χ1n) is 8.05. The normalized spacial score (nSPS) is 14.2. The number of amides is 1. The fraction of sp³-hybridized carbons (Fsp3) is 0.333. The monoisotopic (exact) mass is 326 g/mol. The first-order chi connectivity index (χ1) is 11.7. The first kappa shape index (κ1) is 16.3. The van der Waals surface area contributed by atoms with E-state index >= 15 is 0 Å². The lowest BCUT2D eigenvalue weighted by Gasteiger charge is -2.14. The molecule has 1 aromatic carbocycles. The van der Waals surface area contributed by atoms with Crippen LogP contribution < -0.4 is 15.4 Å². The number of carbonyl (C=O) groups is 1. The smallest absolute Gasteiger partial charge is 0.272 e. The summed E-state index contributed by atoms with van der Waals surface area (Å²) in [5.41, 5.74) is 3.57. The Balaban J connectivity index is 1.72. The van der Waals surface area contributed by atoms with Gasteiger partial charge in [-0.05, 0) is 43.7 Å². The summed E-state index contributed by atoms with van der Waals surface area (Å²) >= 11 is 0. The van der Waals surface area contributed by atoms with Crippen LogP contribution in [0.2, 0.25) is 0 Å². The van der Waals surface area contributed by atoms with Crippen molar-refractivity contribution in [2.75, 3.05) is 26.7 Å². The maximum Gasteiger partial charge on any atom is 0.272 e. The van der Waals surface area contributed by atoms with Crippen LogP contribution in [-0.4, -0.2) is 42.4 Å². The molecule has 24 heavy (non-hydrogen) atoms. The molecule has 1 amide bonds. The highest BCUT2D eigenvalue weighted by Crippen LogP contribution is 2.23. The number of nitrogens with one attached hydrogen (secondary N) is 2. The number of aryl methyl sites for hydroxylation is 1. The summed E-state index contributed by atoms with van der Waals surface area (Å²) in [6.07, 6.45) is 4.87. The van der Waals surface area contributed by atoms with Crippen LogP contribution in [0.5, 0.6) is 5.75 Å². The zero-order valence-electron chi connectivity index (χ0n) is 14.0. The Hall–Kier alpha value is -2.60. The summed E-state index contributed by atoms with van der Waals surface area (Å²) in [5.74, 6) is 0.551. The molecule has 2 heterocycles. The van der Waals surface area contributed by atoms with Crippen molar-refractivity contribution >= 4 is 5.91 Å². The molecule has 1 aliphatic heterocycles. The Kier molecular flexibility index (Phi) is 4.96. The molecular formula is C18H22N4O2. The molecular weight excluding hydrogens is 304 g/mol. The van der Waals surface area contributed by atoms with E-state index in [9.17, 15) is 4.79 Å². The third-order valence-corrected chi connectivity index (χ3v) is 4.04. The van der Waals surface area contributed by atoms with Gasteiger partial charge in [0.2, 0.25) is 0 Å². The highest BCUT2D eigenvalue weighted by molar-refractivity contribution is 5.92. The summed E-state index contributed by atoms with van der Waals surface area (Å²) in [6.45, 7) is 4.41. The summed E-state index contributed by atoms with van der Waals surface area (Å²) in [7, 11) is 1.62. The van der Waals surface area contributed by atoms with Gasteiger partial charge in [0.25, 0.3) is 5.91 Å². The minimum absolute atomic E-state index is 0.167. The van der Waals surface area contributed by atoms with Gasteiger partial charge in [-0.25, -0.2) is 4.68 Å². The third kappa shape index (κ3) is 3.65. The molecule has 1 aliphatic rings. The van der Waals surface area contributed by atoms with Gasteiger partial charge in [-0.15, -0.1) is 0 Å². The third-order valence-electron chi connectivity index (χ3n) is 4.04. The molecule has 2 N–H and O–H groups in total. The number of aromatic nitrogens is 2. The van der Waals surface area contributed by atoms with E-state index in [0.717, 1.165) is 36.5 Å². The number of carbonyl (C=O) groups excluding carboxylic acids is 1. The largest absolute Gasteiger partial charge is 0.494 e. The highest BCUT2D eigenvalue weighted by atomic mass is 16.5. The van der Waals surface area contributed by atoms with Crippen molar-refractivity contribution in [1.82, 2.24) is 20.4 Å². The minimum Gasteiger partial charge on any atom is -0.494 e. The summed E-state index contributed by atoms with van der Waals surface area (Å²) in [4.78, 5) is 12.3. The molecule has 0 radical (unpaired) electrons. The molecule has 6 nitrogen and oxygen atoms in total. The van der Waals surface area contributed by atoms with Crippen molar-refractivity contribution in [3.63, 3.8) is 0 Å². The van der Waals surface area contributed by atoms with E-state index < -0.39 is 0 Å². The van der Waals surface area contributed by atoms with Gasteiger partial charge in [0, 0.05) is 19.3 Å². The number of nitrogens with zero attached hydrogens (tertiary/aromatic N) is 2. The van der Waals surface area contributed by atoms with Crippen molar-refractivity contribution in [2.45, 2.75) is 13.3 Å². The number of methoxy groups -OCH3 is 1. The van der Waals surface area contributed by atoms with E-state index in [0.29, 0.717) is 12.2 Å². The summed E-state index contributed by atoms with van der Waals surface area (Å²) in [5, 5.41) is 10.6. The van der Waals surface area contributed by atoms with E-state index in [2.05, 4.69) is 21.8 Å². The molecule has 1 aromatic heterocycles. The second kappa shape index (κ2) is 7.31. The Labute approximate surface area is 141 Å². The quantitative estimate of drug-likeness (QED) is 0.823. The van der Waals surface area contributed by atoms with Crippen LogP contribution in [0.3, 0.4) is 0 Å². The second-order valence-corrected chi connectivity index (χ2v) is 5.82. The van der Waals surface area contributed by atoms with Gasteiger partial charge in [0.15, 0.2) is 5.69 Å². The Bertz CT molecular complexity index is 764. The number of benzene rings is 1.